The van der Waals surface area contributed by atoms with Gasteiger partial charge in [-0.1, -0.05) is 12.1 Å². The predicted octanol–water partition coefficient (Wildman–Crippen LogP) is 2.43. The molecule has 0 spiro atoms. The molecule has 2 rings (SSSR count). The van der Waals surface area contributed by atoms with Crippen LogP contribution in [0.1, 0.15) is 13.3 Å². The molecule has 1 atom stereocenters. The number of nitrogens with zero attached hydrogens (tertiary/aromatic N) is 2. The van der Waals surface area contributed by atoms with E-state index in [1.807, 2.05) is 13.0 Å². The molecule has 5 heteroatoms. The standard InChI is InChI=1S/C14H17FN4/c1-10(16)5-6-17-14-18-8-12(9-19-14)11-3-2-4-13(15)7-11/h2-4,7-10H,5-6,16H2,1H3,(H,17,18,19). The van der Waals surface area contributed by atoms with Gasteiger partial charge in [0.2, 0.25) is 5.95 Å². The molecule has 2 aromatic rings. The van der Waals surface area contributed by atoms with E-state index in [9.17, 15) is 4.39 Å². The fraction of sp³-hybridized carbons (Fsp3) is 0.286. The summed E-state index contributed by atoms with van der Waals surface area (Å²) in [5, 5.41) is 3.09. The molecule has 3 N–H and O–H groups in total. The molecule has 100 valence electrons. The summed E-state index contributed by atoms with van der Waals surface area (Å²) in [5.74, 6) is 0.289. The lowest BCUT2D eigenvalue weighted by molar-refractivity contribution is 0.628. The molecular formula is C14H17FN4. The molecule has 0 amide bonds. The van der Waals surface area contributed by atoms with Crippen molar-refractivity contribution in [3.05, 3.63) is 42.5 Å². The molecule has 0 bridgehead atoms. The van der Waals surface area contributed by atoms with Crippen LogP contribution in [0.2, 0.25) is 0 Å². The van der Waals surface area contributed by atoms with Crippen LogP contribution >= 0.6 is 0 Å². The largest absolute Gasteiger partial charge is 0.354 e. The van der Waals surface area contributed by atoms with E-state index >= 15 is 0 Å². The van der Waals surface area contributed by atoms with Crippen LogP contribution in [0.4, 0.5) is 10.3 Å². The van der Waals surface area contributed by atoms with Crippen LogP contribution in [0, 0.1) is 5.82 Å². The summed E-state index contributed by atoms with van der Waals surface area (Å²) in [6.45, 7) is 2.69. The lowest BCUT2D eigenvalue weighted by Crippen LogP contribution is -2.19. The van der Waals surface area contributed by atoms with Gasteiger partial charge >= 0.3 is 0 Å². The molecule has 0 saturated carbocycles. The predicted molar refractivity (Wildman–Crippen MR) is 74.2 cm³/mol. The van der Waals surface area contributed by atoms with Gasteiger partial charge in [0.25, 0.3) is 0 Å². The monoisotopic (exact) mass is 260 g/mol. The zero-order valence-electron chi connectivity index (χ0n) is 10.8. The van der Waals surface area contributed by atoms with Crippen molar-refractivity contribution >= 4 is 5.95 Å². The Hall–Kier alpha value is -2.01. The molecule has 0 saturated heterocycles. The Morgan fingerprint density at radius 3 is 2.63 bits per heavy atom. The fourth-order valence-electron chi connectivity index (χ4n) is 1.65. The van der Waals surface area contributed by atoms with Gasteiger partial charge in [-0.2, -0.15) is 0 Å². The van der Waals surface area contributed by atoms with Crippen LogP contribution < -0.4 is 11.1 Å². The van der Waals surface area contributed by atoms with Gasteiger partial charge in [0.1, 0.15) is 5.82 Å². The minimum absolute atomic E-state index is 0.152. The van der Waals surface area contributed by atoms with E-state index in [-0.39, 0.29) is 11.9 Å². The molecule has 4 nitrogen and oxygen atoms in total. The van der Waals surface area contributed by atoms with Gasteiger partial charge in [-0.3, -0.25) is 0 Å². The van der Waals surface area contributed by atoms with Crippen molar-refractivity contribution in [2.45, 2.75) is 19.4 Å². The molecular weight excluding hydrogens is 243 g/mol. The van der Waals surface area contributed by atoms with Crippen molar-refractivity contribution < 1.29 is 4.39 Å². The lowest BCUT2D eigenvalue weighted by atomic mass is 10.1. The second-order valence-electron chi connectivity index (χ2n) is 4.50. The number of aromatic nitrogens is 2. The Labute approximate surface area is 111 Å². The van der Waals surface area contributed by atoms with Crippen molar-refractivity contribution in [1.82, 2.24) is 9.97 Å². The van der Waals surface area contributed by atoms with Gasteiger partial charge in [-0.25, -0.2) is 14.4 Å². The average Bonchev–Trinajstić information content (AvgIpc) is 2.39. The second-order valence-corrected chi connectivity index (χ2v) is 4.50. The highest BCUT2D eigenvalue weighted by Crippen LogP contribution is 2.18. The van der Waals surface area contributed by atoms with E-state index in [4.69, 9.17) is 5.73 Å². The summed E-state index contributed by atoms with van der Waals surface area (Å²) in [5.41, 5.74) is 7.21. The maximum absolute atomic E-state index is 13.1. The van der Waals surface area contributed by atoms with E-state index in [2.05, 4.69) is 15.3 Å². The van der Waals surface area contributed by atoms with Gasteiger partial charge < -0.3 is 11.1 Å². The topological polar surface area (TPSA) is 63.8 Å². The van der Waals surface area contributed by atoms with Crippen molar-refractivity contribution in [2.24, 2.45) is 5.73 Å². The first-order chi connectivity index (χ1) is 9.15. The fourth-order valence-corrected chi connectivity index (χ4v) is 1.65. The first-order valence-corrected chi connectivity index (χ1v) is 6.22. The van der Waals surface area contributed by atoms with Gasteiger partial charge in [-0.05, 0) is 31.0 Å². The molecule has 1 unspecified atom stereocenters. The van der Waals surface area contributed by atoms with Crippen LogP contribution in [-0.2, 0) is 0 Å². The van der Waals surface area contributed by atoms with E-state index in [1.165, 1.54) is 12.1 Å². The Kier molecular flexibility index (Phi) is 4.41. The zero-order chi connectivity index (χ0) is 13.7. The van der Waals surface area contributed by atoms with Crippen LogP contribution in [0.25, 0.3) is 11.1 Å². The van der Waals surface area contributed by atoms with Gasteiger partial charge in [0, 0.05) is 30.5 Å². The summed E-state index contributed by atoms with van der Waals surface area (Å²) in [7, 11) is 0. The maximum Gasteiger partial charge on any atom is 0.222 e. The van der Waals surface area contributed by atoms with E-state index in [0.717, 1.165) is 24.1 Å². The normalized spacial score (nSPS) is 12.2. The average molecular weight is 260 g/mol. The highest BCUT2D eigenvalue weighted by Gasteiger charge is 2.02. The molecule has 0 aliphatic rings. The number of nitrogens with two attached hydrogens (primary N) is 1. The molecule has 1 heterocycles. The van der Waals surface area contributed by atoms with Crippen molar-refractivity contribution in [2.75, 3.05) is 11.9 Å². The third-order valence-electron chi connectivity index (χ3n) is 2.69. The first kappa shape index (κ1) is 13.4. The van der Waals surface area contributed by atoms with Crippen LogP contribution in [0.3, 0.4) is 0 Å². The van der Waals surface area contributed by atoms with Gasteiger partial charge in [0.15, 0.2) is 0 Å². The highest BCUT2D eigenvalue weighted by atomic mass is 19.1. The van der Waals surface area contributed by atoms with Gasteiger partial charge in [-0.15, -0.1) is 0 Å². The van der Waals surface area contributed by atoms with Crippen LogP contribution in [-0.4, -0.2) is 22.6 Å². The number of hydrogen-bond acceptors (Lipinski definition) is 4. The Morgan fingerprint density at radius 1 is 1.26 bits per heavy atom. The number of hydrogen-bond donors (Lipinski definition) is 2. The van der Waals surface area contributed by atoms with Crippen LogP contribution in [0.5, 0.6) is 0 Å². The summed E-state index contributed by atoms with van der Waals surface area (Å²) < 4.78 is 13.1. The summed E-state index contributed by atoms with van der Waals surface area (Å²) in [6, 6.07) is 6.51. The van der Waals surface area contributed by atoms with Crippen molar-refractivity contribution in [3.8, 4) is 11.1 Å². The smallest absolute Gasteiger partial charge is 0.222 e. The Balaban J connectivity index is 2.02. The minimum atomic E-state index is -0.267. The second kappa shape index (κ2) is 6.24. The van der Waals surface area contributed by atoms with E-state index in [1.54, 1.807) is 18.5 Å². The van der Waals surface area contributed by atoms with Crippen molar-refractivity contribution in [1.29, 1.82) is 0 Å². The molecule has 0 aliphatic heterocycles. The summed E-state index contributed by atoms with van der Waals surface area (Å²) >= 11 is 0. The van der Waals surface area contributed by atoms with Crippen LogP contribution in [0.15, 0.2) is 36.7 Å². The minimum Gasteiger partial charge on any atom is -0.354 e. The zero-order valence-corrected chi connectivity index (χ0v) is 10.8. The Morgan fingerprint density at radius 2 is 2.00 bits per heavy atom. The Bertz CT molecular complexity index is 525. The highest BCUT2D eigenvalue weighted by molar-refractivity contribution is 5.61. The maximum atomic E-state index is 13.1. The first-order valence-electron chi connectivity index (χ1n) is 6.22. The molecule has 1 aromatic heterocycles. The van der Waals surface area contributed by atoms with Gasteiger partial charge in [0.05, 0.1) is 0 Å². The molecule has 0 aliphatic carbocycles. The molecule has 0 fully saturated rings. The summed E-state index contributed by atoms with van der Waals surface area (Å²) in [4.78, 5) is 8.39. The van der Waals surface area contributed by atoms with Crippen molar-refractivity contribution in [3.63, 3.8) is 0 Å². The number of nitrogens with one attached hydrogen (secondary N) is 1. The number of halogens is 1. The third kappa shape index (κ3) is 3.99. The number of benzene rings is 1. The van der Waals surface area contributed by atoms with E-state index < -0.39 is 0 Å². The number of rotatable bonds is 5. The molecule has 19 heavy (non-hydrogen) atoms. The molecule has 1 aromatic carbocycles. The van der Waals surface area contributed by atoms with E-state index in [0.29, 0.717) is 5.95 Å². The number of anilines is 1. The lowest BCUT2D eigenvalue weighted by Gasteiger charge is -2.07. The summed E-state index contributed by atoms with van der Waals surface area (Å²) in [6.07, 6.45) is 4.21. The quantitative estimate of drug-likeness (QED) is 0.866. The third-order valence-corrected chi connectivity index (χ3v) is 2.69. The molecule has 0 radical (unpaired) electrons. The SMILES string of the molecule is CC(N)CCNc1ncc(-c2cccc(F)c2)cn1.